The number of carbonyl (C=O) groups excluding carboxylic acids is 5. The minimum atomic E-state index is -1.21. The maximum Gasteiger partial charge on any atom is 0.342 e. The molecule has 83 heavy (non-hydrogen) atoms. The Bertz CT molecular complexity index is 2590. The topological polar surface area (TPSA) is 240 Å². The van der Waals surface area contributed by atoms with Gasteiger partial charge in [-0.1, -0.05) is 131 Å². The van der Waals surface area contributed by atoms with E-state index in [1.165, 1.54) is 11.8 Å². The van der Waals surface area contributed by atoms with Crippen molar-refractivity contribution in [1.82, 2.24) is 10.3 Å². The SMILES string of the molecule is C=C(C)C(=O)OCCSC(C)C(=O)NC1=NC(=Cc2[nH]c(NC(=O)CCCCSC(CC(=O)O)C(=O)O)c(C(=O)OC3C(C(C)(C)C)CC(C)CC3C(C)(C)C)c2C(C)C)C(C(C)C)=C1C(=O)OC1C(C(C)(C)C)CC(C)CC1C(C)(C)C. The van der Waals surface area contributed by atoms with E-state index in [2.05, 4.69) is 119 Å². The van der Waals surface area contributed by atoms with Gasteiger partial charge in [0, 0.05) is 47.1 Å². The summed E-state index contributed by atoms with van der Waals surface area (Å²) in [6, 6.07) is 0. The Morgan fingerprint density at radius 2 is 1.20 bits per heavy atom. The third-order valence-electron chi connectivity index (χ3n) is 16.7. The quantitative estimate of drug-likeness (QED) is 0.0296. The molecule has 0 saturated heterocycles. The molecule has 0 spiro atoms. The van der Waals surface area contributed by atoms with E-state index in [4.69, 9.17) is 19.2 Å². The summed E-state index contributed by atoms with van der Waals surface area (Å²) in [6.45, 7) is 45.5. The molecule has 0 aromatic carbocycles. The first-order chi connectivity index (χ1) is 38.1. The molecule has 0 radical (unpaired) electrons. The number of nitrogens with one attached hydrogen (secondary N) is 3. The molecule has 5 N–H and O–H groups in total. The van der Waals surface area contributed by atoms with Crippen molar-refractivity contribution in [3.8, 4) is 0 Å². The fourth-order valence-electron chi connectivity index (χ4n) is 12.2. The molecule has 1 aromatic rings. The van der Waals surface area contributed by atoms with Crippen molar-refractivity contribution in [2.75, 3.05) is 23.4 Å². The van der Waals surface area contributed by atoms with E-state index in [0.717, 1.165) is 37.4 Å². The summed E-state index contributed by atoms with van der Waals surface area (Å²) >= 11 is 2.29. The van der Waals surface area contributed by atoms with Crippen molar-refractivity contribution in [1.29, 1.82) is 0 Å². The number of aliphatic carboxylic acids is 2. The van der Waals surface area contributed by atoms with Gasteiger partial charge in [0.1, 0.15) is 46.9 Å². The molecule has 2 fully saturated rings. The van der Waals surface area contributed by atoms with Crippen LogP contribution in [-0.2, 0) is 43.0 Å². The number of esters is 3. The van der Waals surface area contributed by atoms with Gasteiger partial charge < -0.3 is 40.0 Å². The number of nitrogens with zero attached hydrogens (tertiary/aromatic N) is 1. The number of amidine groups is 1. The van der Waals surface area contributed by atoms with E-state index >= 15 is 9.59 Å². The van der Waals surface area contributed by atoms with Crippen molar-refractivity contribution in [2.24, 2.45) is 68.1 Å². The van der Waals surface area contributed by atoms with E-state index < -0.39 is 70.8 Å². The van der Waals surface area contributed by atoms with Gasteiger partial charge in [-0.15, -0.1) is 23.5 Å². The Morgan fingerprint density at radius 1 is 0.711 bits per heavy atom. The number of carboxylic acids is 2. The molecular formula is C65H102N4O12S2. The molecule has 3 aliphatic rings. The Hall–Kier alpha value is -4.84. The van der Waals surface area contributed by atoms with Crippen LogP contribution in [-0.4, -0.2) is 104 Å². The number of thioether (sulfide) groups is 2. The summed E-state index contributed by atoms with van der Waals surface area (Å²) in [5.41, 5.74) is 1.52. The molecule has 2 heterocycles. The number of unbranched alkanes of at least 4 members (excludes halogenated alkanes) is 1. The van der Waals surface area contributed by atoms with Crippen LogP contribution in [0.2, 0.25) is 0 Å². The molecule has 2 amide bonds. The Kier molecular flexibility index (Phi) is 24.7. The number of aromatic nitrogens is 1. The molecule has 466 valence electrons. The van der Waals surface area contributed by atoms with Crippen LogP contribution < -0.4 is 10.6 Å². The normalized spacial score (nSPS) is 23.8. The average molecular weight is 1200 g/mol. The molecule has 4 rings (SSSR count). The van der Waals surface area contributed by atoms with Crippen molar-refractivity contribution in [2.45, 2.75) is 218 Å². The van der Waals surface area contributed by atoms with E-state index in [1.807, 2.05) is 27.7 Å². The van der Waals surface area contributed by atoms with Gasteiger partial charge in [0.05, 0.1) is 17.4 Å². The van der Waals surface area contributed by atoms with Crippen LogP contribution >= 0.6 is 23.5 Å². The molecular weight excluding hydrogens is 1090 g/mol. The number of hydrogen-bond acceptors (Lipinski definition) is 13. The Labute approximate surface area is 504 Å². The van der Waals surface area contributed by atoms with Crippen molar-refractivity contribution < 1.29 is 58.0 Å². The van der Waals surface area contributed by atoms with Crippen molar-refractivity contribution >= 4 is 82.9 Å². The predicted octanol–water partition coefficient (Wildman–Crippen LogP) is 13.9. The lowest BCUT2D eigenvalue weighted by molar-refractivity contribution is -0.164. The molecule has 1 aromatic heterocycles. The summed E-state index contributed by atoms with van der Waals surface area (Å²) in [5, 5.41) is 23.0. The second-order valence-corrected chi connectivity index (χ2v) is 31.6. The number of allylic oxidation sites excluding steroid dienone is 1. The second kappa shape index (κ2) is 29.0. The number of carboxylic acid groups (broad SMARTS) is 2. The third kappa shape index (κ3) is 19.3. The van der Waals surface area contributed by atoms with Gasteiger partial charge in [-0.25, -0.2) is 19.4 Å². The van der Waals surface area contributed by atoms with Gasteiger partial charge in [-0.05, 0) is 121 Å². The maximum atomic E-state index is 15.5. The van der Waals surface area contributed by atoms with Crippen LogP contribution in [0.25, 0.3) is 6.08 Å². The summed E-state index contributed by atoms with van der Waals surface area (Å²) in [5.74, 6) is -4.05. The zero-order valence-electron chi connectivity index (χ0n) is 53.7. The zero-order valence-corrected chi connectivity index (χ0v) is 55.4. The van der Waals surface area contributed by atoms with Gasteiger partial charge in [0.15, 0.2) is 0 Å². The molecule has 6 unspecified atom stereocenters. The van der Waals surface area contributed by atoms with Gasteiger partial charge in [0.2, 0.25) is 11.8 Å². The number of carbonyl (C=O) groups is 7. The minimum absolute atomic E-state index is 0.0122. The summed E-state index contributed by atoms with van der Waals surface area (Å²) in [4.78, 5) is 103. The van der Waals surface area contributed by atoms with Gasteiger partial charge in [-0.2, -0.15) is 0 Å². The highest BCUT2D eigenvalue weighted by Crippen LogP contribution is 2.52. The van der Waals surface area contributed by atoms with Crippen LogP contribution in [0.3, 0.4) is 0 Å². The highest BCUT2D eigenvalue weighted by Gasteiger charge is 2.51. The first-order valence-corrected chi connectivity index (χ1v) is 32.1. The number of amides is 2. The van der Waals surface area contributed by atoms with Gasteiger partial charge in [0.25, 0.3) is 0 Å². The number of anilines is 1. The van der Waals surface area contributed by atoms with Crippen molar-refractivity contribution in [3.05, 3.63) is 45.8 Å². The molecule has 0 bridgehead atoms. The zero-order chi connectivity index (χ0) is 63.0. The standard InChI is InChI=1S/C65H102N4O12S2/c1-34(2)49-44(66-55(68-47(70)24-22-23-26-83-46(58(74)75)33-48(71)72)51(49)60(77)80-53-40(62(10,11)12)28-37(7)29-41(53)63(13,14)15)32-45-50(35(3)4)52(56(67-45)69-57(73)39(9)82-27-25-79-59(76)36(5)6)61(78)81-54-42(64(16,17)18)30-38(8)31-43(54)65(19,20)21/h32,34-35,37-43,46,53-54,66H,5,22-31,33H2,1-4,6-21H3,(H,68,70)(H,71,72)(H,74,75)(H,67,69,73). The van der Waals surface area contributed by atoms with Crippen LogP contribution in [0, 0.1) is 63.1 Å². The van der Waals surface area contributed by atoms with Crippen LogP contribution in [0.4, 0.5) is 5.82 Å². The van der Waals surface area contributed by atoms with E-state index in [-0.39, 0.29) is 98.6 Å². The monoisotopic (exact) mass is 1190 g/mol. The van der Waals surface area contributed by atoms with E-state index in [1.54, 1.807) is 19.9 Å². The molecule has 18 heteroatoms. The fourth-order valence-corrected chi connectivity index (χ4v) is 14.0. The van der Waals surface area contributed by atoms with E-state index in [9.17, 15) is 34.2 Å². The van der Waals surface area contributed by atoms with Crippen LogP contribution in [0.1, 0.15) is 217 Å². The Balaban J connectivity index is 1.95. The average Bonchev–Trinajstić information content (AvgIpc) is 2.66. The highest BCUT2D eigenvalue weighted by molar-refractivity contribution is 8.00. The summed E-state index contributed by atoms with van der Waals surface area (Å²) < 4.78 is 19.0. The number of hydrogen-bond donors (Lipinski definition) is 5. The number of ether oxygens (including phenoxy) is 3. The lowest BCUT2D eigenvalue weighted by Crippen LogP contribution is -2.50. The van der Waals surface area contributed by atoms with Crippen LogP contribution in [0.15, 0.2) is 34.0 Å². The number of aliphatic imine (C=N–C) groups is 1. The van der Waals surface area contributed by atoms with Gasteiger partial charge >= 0.3 is 29.8 Å². The highest BCUT2D eigenvalue weighted by atomic mass is 32.2. The largest absolute Gasteiger partial charge is 0.481 e. The first kappa shape index (κ1) is 70.6. The summed E-state index contributed by atoms with van der Waals surface area (Å²) in [7, 11) is 0. The maximum absolute atomic E-state index is 15.5. The van der Waals surface area contributed by atoms with Gasteiger partial charge in [-0.3, -0.25) is 19.2 Å². The fraction of sp³-hybridized carbons (Fsp3) is 0.723. The van der Waals surface area contributed by atoms with Crippen molar-refractivity contribution in [3.63, 3.8) is 0 Å². The lowest BCUT2D eigenvalue weighted by Gasteiger charge is -2.50. The first-order valence-electron chi connectivity index (χ1n) is 30.0. The second-order valence-electron chi connectivity index (χ2n) is 28.8. The number of rotatable bonds is 23. The molecule has 2 aliphatic carbocycles. The lowest BCUT2D eigenvalue weighted by atomic mass is 9.59. The minimum Gasteiger partial charge on any atom is -0.481 e. The van der Waals surface area contributed by atoms with E-state index in [0.29, 0.717) is 58.7 Å². The van der Waals surface area contributed by atoms with Crippen LogP contribution in [0.5, 0.6) is 0 Å². The summed E-state index contributed by atoms with van der Waals surface area (Å²) in [6.07, 6.45) is 4.57. The Morgan fingerprint density at radius 3 is 1.64 bits per heavy atom. The smallest absolute Gasteiger partial charge is 0.342 e. The molecule has 1 aliphatic heterocycles. The number of H-pyrrole nitrogens is 1. The molecule has 16 nitrogen and oxygen atoms in total. The molecule has 2 saturated carbocycles. The molecule has 6 atom stereocenters. The number of aromatic amines is 1. The predicted molar refractivity (Wildman–Crippen MR) is 334 cm³/mol. The third-order valence-corrected chi connectivity index (χ3v) is 19.1.